The van der Waals surface area contributed by atoms with Gasteiger partial charge in [0.25, 0.3) is 0 Å². The lowest BCUT2D eigenvalue weighted by molar-refractivity contribution is 0.104. The molecule has 0 radical (unpaired) electrons. The van der Waals surface area contributed by atoms with Crippen molar-refractivity contribution < 1.29 is 4.79 Å². The minimum Gasteiger partial charge on any atom is -0.289 e. The normalized spacial score (nSPS) is 10.7. The van der Waals surface area contributed by atoms with Crippen molar-refractivity contribution in [3.8, 4) is 11.1 Å². The van der Waals surface area contributed by atoms with Crippen LogP contribution < -0.4 is 0 Å². The Labute approximate surface area is 129 Å². The molecule has 0 atom stereocenters. The van der Waals surface area contributed by atoms with Gasteiger partial charge in [0.15, 0.2) is 5.78 Å². The first-order valence-electron chi connectivity index (χ1n) is 7.11. The molecule has 0 aliphatic heterocycles. The van der Waals surface area contributed by atoms with Gasteiger partial charge < -0.3 is 0 Å². The van der Waals surface area contributed by atoms with E-state index in [4.69, 9.17) is 0 Å². The number of pyridine rings is 1. The predicted octanol–water partition coefficient (Wildman–Crippen LogP) is 4.64. The maximum atomic E-state index is 12.1. The highest BCUT2D eigenvalue weighted by Gasteiger charge is 2.01. The molecule has 106 valence electrons. The van der Waals surface area contributed by atoms with Crippen molar-refractivity contribution in [1.82, 2.24) is 4.98 Å². The van der Waals surface area contributed by atoms with Gasteiger partial charge >= 0.3 is 0 Å². The molecule has 3 rings (SSSR count). The molecule has 0 saturated heterocycles. The Morgan fingerprint density at radius 3 is 2.32 bits per heavy atom. The van der Waals surface area contributed by atoms with Crippen LogP contribution in [-0.2, 0) is 0 Å². The van der Waals surface area contributed by atoms with Gasteiger partial charge in [-0.15, -0.1) is 0 Å². The van der Waals surface area contributed by atoms with Crippen LogP contribution in [0.15, 0.2) is 85.2 Å². The number of hydrogen-bond donors (Lipinski definition) is 0. The van der Waals surface area contributed by atoms with Crippen LogP contribution in [0.4, 0.5) is 0 Å². The third-order valence-electron chi connectivity index (χ3n) is 3.39. The van der Waals surface area contributed by atoms with Gasteiger partial charge in [0.05, 0.1) is 0 Å². The third kappa shape index (κ3) is 3.36. The van der Waals surface area contributed by atoms with Gasteiger partial charge in [-0.1, -0.05) is 54.6 Å². The summed E-state index contributed by atoms with van der Waals surface area (Å²) in [6.07, 6.45) is 6.68. The molecule has 1 aromatic heterocycles. The van der Waals surface area contributed by atoms with E-state index in [9.17, 15) is 4.79 Å². The summed E-state index contributed by atoms with van der Waals surface area (Å²) in [7, 11) is 0. The second-order valence-corrected chi connectivity index (χ2v) is 4.92. The van der Waals surface area contributed by atoms with Crippen molar-refractivity contribution in [3.05, 3.63) is 96.3 Å². The molecule has 2 nitrogen and oxygen atoms in total. The summed E-state index contributed by atoms with van der Waals surface area (Å²) in [5.74, 6) is -0.0208. The number of allylic oxidation sites excluding steroid dienone is 1. The lowest BCUT2D eigenvalue weighted by atomic mass is 10.0. The second-order valence-electron chi connectivity index (χ2n) is 4.92. The fourth-order valence-corrected chi connectivity index (χ4v) is 2.24. The first-order chi connectivity index (χ1) is 10.8. The van der Waals surface area contributed by atoms with Crippen LogP contribution in [0.25, 0.3) is 17.2 Å². The summed E-state index contributed by atoms with van der Waals surface area (Å²) in [5, 5.41) is 0. The highest BCUT2D eigenvalue weighted by molar-refractivity contribution is 6.06. The molecule has 1 heterocycles. The van der Waals surface area contributed by atoms with Gasteiger partial charge in [-0.05, 0) is 41.0 Å². The molecule has 0 unspecified atom stereocenters. The molecule has 0 saturated carbocycles. The highest BCUT2D eigenvalue weighted by atomic mass is 16.1. The monoisotopic (exact) mass is 285 g/mol. The zero-order chi connectivity index (χ0) is 15.2. The summed E-state index contributed by atoms with van der Waals surface area (Å²) in [6.45, 7) is 0. The minimum atomic E-state index is -0.0208. The summed E-state index contributed by atoms with van der Waals surface area (Å²) in [6, 6.07) is 21.7. The van der Waals surface area contributed by atoms with E-state index in [1.807, 2.05) is 36.4 Å². The SMILES string of the molecule is O=C(/C=C/c1cccc(-c2ccccc2)c1)c1ccncc1. The van der Waals surface area contributed by atoms with Gasteiger partial charge in [-0.3, -0.25) is 9.78 Å². The maximum absolute atomic E-state index is 12.1. The molecule has 2 aromatic carbocycles. The molecular formula is C20H15NO. The van der Waals surface area contributed by atoms with E-state index in [0.717, 1.165) is 11.1 Å². The Morgan fingerprint density at radius 2 is 1.55 bits per heavy atom. The molecule has 2 heteroatoms. The van der Waals surface area contributed by atoms with Gasteiger partial charge in [0.1, 0.15) is 0 Å². The van der Waals surface area contributed by atoms with Crippen LogP contribution >= 0.6 is 0 Å². The predicted molar refractivity (Wildman–Crippen MR) is 89.5 cm³/mol. The smallest absolute Gasteiger partial charge is 0.185 e. The molecular weight excluding hydrogens is 270 g/mol. The lowest BCUT2D eigenvalue weighted by Crippen LogP contribution is -1.93. The van der Waals surface area contributed by atoms with Crippen LogP contribution in [0.1, 0.15) is 15.9 Å². The summed E-state index contributed by atoms with van der Waals surface area (Å²) in [5.41, 5.74) is 3.95. The number of ketones is 1. The van der Waals surface area contributed by atoms with Crippen molar-refractivity contribution in [3.63, 3.8) is 0 Å². The van der Waals surface area contributed by atoms with Crippen LogP contribution in [0.5, 0.6) is 0 Å². The number of carbonyl (C=O) groups excluding carboxylic acids is 1. The van der Waals surface area contributed by atoms with Crippen molar-refractivity contribution >= 4 is 11.9 Å². The number of rotatable bonds is 4. The van der Waals surface area contributed by atoms with Gasteiger partial charge in [0, 0.05) is 18.0 Å². The largest absolute Gasteiger partial charge is 0.289 e. The van der Waals surface area contributed by atoms with E-state index in [0.29, 0.717) is 5.56 Å². The van der Waals surface area contributed by atoms with Crippen LogP contribution in [0.3, 0.4) is 0 Å². The Morgan fingerprint density at radius 1 is 0.818 bits per heavy atom. The minimum absolute atomic E-state index is 0.0208. The van der Waals surface area contributed by atoms with E-state index >= 15 is 0 Å². The molecule has 0 N–H and O–H groups in total. The fraction of sp³-hybridized carbons (Fsp3) is 0. The Bertz CT molecular complexity index is 792. The van der Waals surface area contributed by atoms with Crippen LogP contribution in [0, 0.1) is 0 Å². The second kappa shape index (κ2) is 6.64. The molecule has 3 aromatic rings. The van der Waals surface area contributed by atoms with Crippen molar-refractivity contribution in [2.45, 2.75) is 0 Å². The maximum Gasteiger partial charge on any atom is 0.185 e. The fourth-order valence-electron chi connectivity index (χ4n) is 2.24. The van der Waals surface area contributed by atoms with Crippen molar-refractivity contribution in [2.24, 2.45) is 0 Å². The van der Waals surface area contributed by atoms with Crippen molar-refractivity contribution in [1.29, 1.82) is 0 Å². The van der Waals surface area contributed by atoms with E-state index in [2.05, 4.69) is 29.2 Å². The molecule has 0 aliphatic carbocycles. The average molecular weight is 285 g/mol. The first kappa shape index (κ1) is 14.0. The zero-order valence-electron chi connectivity index (χ0n) is 12.0. The molecule has 0 bridgehead atoms. The standard InChI is InChI=1S/C20H15NO/c22-20(18-11-13-21-14-12-18)10-9-16-5-4-8-19(15-16)17-6-2-1-3-7-17/h1-15H/b10-9+. The number of hydrogen-bond acceptors (Lipinski definition) is 2. The molecule has 0 spiro atoms. The third-order valence-corrected chi connectivity index (χ3v) is 3.39. The average Bonchev–Trinajstić information content (AvgIpc) is 2.61. The zero-order valence-corrected chi connectivity index (χ0v) is 12.0. The number of carbonyl (C=O) groups is 1. The topological polar surface area (TPSA) is 30.0 Å². The van der Waals surface area contributed by atoms with Crippen LogP contribution in [-0.4, -0.2) is 10.8 Å². The lowest BCUT2D eigenvalue weighted by Gasteiger charge is -2.02. The summed E-state index contributed by atoms with van der Waals surface area (Å²) >= 11 is 0. The highest BCUT2D eigenvalue weighted by Crippen LogP contribution is 2.20. The van der Waals surface area contributed by atoms with Gasteiger partial charge in [-0.25, -0.2) is 0 Å². The quantitative estimate of drug-likeness (QED) is 0.516. The molecule has 0 aliphatic rings. The van der Waals surface area contributed by atoms with E-state index in [1.54, 1.807) is 30.6 Å². The molecule has 0 fully saturated rings. The van der Waals surface area contributed by atoms with Gasteiger partial charge in [-0.2, -0.15) is 0 Å². The number of aromatic nitrogens is 1. The first-order valence-corrected chi connectivity index (χ1v) is 7.11. The summed E-state index contributed by atoms with van der Waals surface area (Å²) in [4.78, 5) is 16.0. The van der Waals surface area contributed by atoms with Crippen LogP contribution in [0.2, 0.25) is 0 Å². The van der Waals surface area contributed by atoms with E-state index in [-0.39, 0.29) is 5.78 Å². The Hall–Kier alpha value is -3.00. The number of benzene rings is 2. The van der Waals surface area contributed by atoms with E-state index in [1.165, 1.54) is 5.56 Å². The number of nitrogens with zero attached hydrogens (tertiary/aromatic N) is 1. The van der Waals surface area contributed by atoms with Gasteiger partial charge in [0.2, 0.25) is 0 Å². The Balaban J connectivity index is 1.82. The summed E-state index contributed by atoms with van der Waals surface area (Å²) < 4.78 is 0. The Kier molecular flexibility index (Phi) is 4.21. The molecule has 0 amide bonds. The molecule has 22 heavy (non-hydrogen) atoms. The van der Waals surface area contributed by atoms with Crippen molar-refractivity contribution in [2.75, 3.05) is 0 Å². The van der Waals surface area contributed by atoms with E-state index < -0.39 is 0 Å².